The third kappa shape index (κ3) is 3.30. The van der Waals surface area contributed by atoms with Crippen LogP contribution in [0.3, 0.4) is 0 Å². The minimum Gasteiger partial charge on any atom is -0.494 e. The zero-order chi connectivity index (χ0) is 18.8. The Labute approximate surface area is 157 Å². The maximum absolute atomic E-state index is 12.6. The Morgan fingerprint density at radius 1 is 1.08 bits per heavy atom. The van der Waals surface area contributed by atoms with Crippen LogP contribution in [0.25, 0.3) is 5.57 Å². The number of aryl methyl sites for hydroxylation is 1. The van der Waals surface area contributed by atoms with Gasteiger partial charge in [0, 0.05) is 17.8 Å². The Bertz CT molecular complexity index is 904. The van der Waals surface area contributed by atoms with Crippen molar-refractivity contribution in [2.24, 2.45) is 0 Å². The van der Waals surface area contributed by atoms with Gasteiger partial charge in [0.1, 0.15) is 11.4 Å². The van der Waals surface area contributed by atoms with E-state index in [9.17, 15) is 9.59 Å². The zero-order valence-corrected chi connectivity index (χ0v) is 15.6. The Hall–Kier alpha value is -2.79. The molecule has 134 valence electrons. The van der Waals surface area contributed by atoms with Crippen molar-refractivity contribution in [1.29, 1.82) is 0 Å². The van der Waals surface area contributed by atoms with E-state index >= 15 is 0 Å². The molecule has 0 bridgehead atoms. The molecule has 0 aliphatic carbocycles. The molecule has 0 saturated heterocycles. The number of carbonyl (C=O) groups excluding carboxylic acids is 2. The Balaban J connectivity index is 2.04. The Morgan fingerprint density at radius 2 is 1.77 bits per heavy atom. The molecule has 1 heterocycles. The number of nitrogens with zero attached hydrogens (tertiary/aromatic N) is 1. The first kappa shape index (κ1) is 18.0. The molecule has 0 spiro atoms. The van der Waals surface area contributed by atoms with Crippen LogP contribution >= 0.6 is 11.6 Å². The number of rotatable bonds is 5. The number of halogens is 1. The fourth-order valence-electron chi connectivity index (χ4n) is 2.81. The Kier molecular flexibility index (Phi) is 5.00. The lowest BCUT2D eigenvalue weighted by atomic mass is 10.0. The summed E-state index contributed by atoms with van der Waals surface area (Å²) in [5.74, 6) is 0.00606. The molecule has 6 heteroatoms. The van der Waals surface area contributed by atoms with Crippen LogP contribution in [0.1, 0.15) is 18.1 Å². The van der Waals surface area contributed by atoms with Gasteiger partial charge in [0.25, 0.3) is 11.8 Å². The number of carbonyl (C=O) groups is 2. The molecule has 0 radical (unpaired) electrons. The van der Waals surface area contributed by atoms with Crippen LogP contribution in [0.5, 0.6) is 5.75 Å². The molecule has 5 nitrogen and oxygen atoms in total. The fraction of sp³-hybridized carbons (Fsp3) is 0.200. The monoisotopic (exact) mass is 370 g/mol. The lowest BCUT2D eigenvalue weighted by Gasteiger charge is -2.11. The molecule has 1 N–H and O–H groups in total. The highest BCUT2D eigenvalue weighted by atomic mass is 35.5. The number of likely N-dealkylation sites (N-methyl/N-ethyl adjacent to an activating group) is 1. The molecule has 2 amide bonds. The molecule has 3 rings (SSSR count). The van der Waals surface area contributed by atoms with Gasteiger partial charge in [-0.15, -0.1) is 0 Å². The maximum atomic E-state index is 12.6. The Morgan fingerprint density at radius 3 is 2.38 bits per heavy atom. The fourth-order valence-corrected chi connectivity index (χ4v) is 3.04. The second-order valence-corrected chi connectivity index (χ2v) is 6.40. The number of amides is 2. The van der Waals surface area contributed by atoms with Gasteiger partial charge in [0.05, 0.1) is 12.2 Å². The SMILES string of the molecule is CCOc1ccc(C2=C(Nc3ccc(Cl)cc3C)C(=O)N(C)C2=O)cc1. The smallest absolute Gasteiger partial charge is 0.277 e. The maximum Gasteiger partial charge on any atom is 0.277 e. The van der Waals surface area contributed by atoms with Gasteiger partial charge in [-0.1, -0.05) is 23.7 Å². The van der Waals surface area contributed by atoms with Crippen LogP contribution in [-0.2, 0) is 9.59 Å². The van der Waals surface area contributed by atoms with Crippen LogP contribution in [0.4, 0.5) is 5.69 Å². The first-order valence-corrected chi connectivity index (χ1v) is 8.63. The second-order valence-electron chi connectivity index (χ2n) is 5.96. The van der Waals surface area contributed by atoms with E-state index in [0.717, 1.165) is 16.2 Å². The van der Waals surface area contributed by atoms with Gasteiger partial charge in [0.2, 0.25) is 0 Å². The number of nitrogens with one attached hydrogen (secondary N) is 1. The van der Waals surface area contributed by atoms with E-state index in [1.54, 1.807) is 42.5 Å². The van der Waals surface area contributed by atoms with Crippen molar-refractivity contribution in [3.8, 4) is 5.75 Å². The summed E-state index contributed by atoms with van der Waals surface area (Å²) >= 11 is 5.99. The minimum absolute atomic E-state index is 0.257. The van der Waals surface area contributed by atoms with Crippen molar-refractivity contribution in [1.82, 2.24) is 4.90 Å². The molecule has 2 aromatic carbocycles. The van der Waals surface area contributed by atoms with Gasteiger partial charge in [0.15, 0.2) is 0 Å². The molecule has 1 aliphatic heterocycles. The minimum atomic E-state index is -0.367. The van der Waals surface area contributed by atoms with E-state index in [2.05, 4.69) is 5.32 Å². The summed E-state index contributed by atoms with van der Waals surface area (Å²) < 4.78 is 5.44. The summed E-state index contributed by atoms with van der Waals surface area (Å²) in [7, 11) is 1.47. The van der Waals surface area contributed by atoms with E-state index in [1.807, 2.05) is 13.8 Å². The van der Waals surface area contributed by atoms with Crippen molar-refractivity contribution in [2.75, 3.05) is 19.0 Å². The summed E-state index contributed by atoms with van der Waals surface area (Å²) in [6, 6.07) is 12.4. The number of benzene rings is 2. The molecule has 0 unspecified atom stereocenters. The van der Waals surface area contributed by atoms with E-state index in [-0.39, 0.29) is 17.5 Å². The normalized spacial score (nSPS) is 14.2. The number of hydrogen-bond donors (Lipinski definition) is 1. The highest BCUT2D eigenvalue weighted by Crippen LogP contribution is 2.31. The van der Waals surface area contributed by atoms with Gasteiger partial charge in [-0.2, -0.15) is 0 Å². The molecule has 2 aromatic rings. The number of ether oxygens (including phenoxy) is 1. The average Bonchev–Trinajstić information content (AvgIpc) is 2.82. The summed E-state index contributed by atoms with van der Waals surface area (Å²) in [4.78, 5) is 26.3. The van der Waals surface area contributed by atoms with Crippen molar-refractivity contribution in [2.45, 2.75) is 13.8 Å². The van der Waals surface area contributed by atoms with Crippen LogP contribution in [0.2, 0.25) is 5.02 Å². The van der Waals surface area contributed by atoms with Crippen molar-refractivity contribution >= 4 is 34.7 Å². The molecule has 1 aliphatic rings. The summed E-state index contributed by atoms with van der Waals surface area (Å²) in [5.41, 5.74) is 2.86. The summed E-state index contributed by atoms with van der Waals surface area (Å²) in [6.45, 7) is 4.35. The van der Waals surface area contributed by atoms with Gasteiger partial charge in [-0.25, -0.2) is 0 Å². The second kappa shape index (κ2) is 7.22. The molecule has 0 saturated carbocycles. The van der Waals surface area contributed by atoms with E-state index in [4.69, 9.17) is 16.3 Å². The topological polar surface area (TPSA) is 58.6 Å². The predicted molar refractivity (Wildman–Crippen MR) is 102 cm³/mol. The van der Waals surface area contributed by atoms with E-state index in [1.165, 1.54) is 7.05 Å². The van der Waals surface area contributed by atoms with Crippen molar-refractivity contribution < 1.29 is 14.3 Å². The molecular weight excluding hydrogens is 352 g/mol. The van der Waals surface area contributed by atoms with E-state index < -0.39 is 0 Å². The molecule has 26 heavy (non-hydrogen) atoms. The zero-order valence-electron chi connectivity index (χ0n) is 14.8. The summed E-state index contributed by atoms with van der Waals surface area (Å²) in [5, 5.41) is 3.72. The van der Waals surface area contributed by atoms with Crippen LogP contribution < -0.4 is 10.1 Å². The number of imide groups is 1. The summed E-state index contributed by atoms with van der Waals surface area (Å²) in [6.07, 6.45) is 0. The number of anilines is 1. The third-order valence-corrected chi connectivity index (χ3v) is 4.42. The van der Waals surface area contributed by atoms with Crippen LogP contribution in [0.15, 0.2) is 48.2 Å². The standard InChI is InChI=1S/C20H19ClN2O3/c1-4-26-15-8-5-13(6-9-15)17-18(20(25)23(3)19(17)24)22-16-10-7-14(21)11-12(16)2/h5-11,22H,4H2,1-3H3. The van der Waals surface area contributed by atoms with Crippen LogP contribution in [0, 0.1) is 6.92 Å². The quantitative estimate of drug-likeness (QED) is 0.812. The molecule has 0 aromatic heterocycles. The number of hydrogen-bond acceptors (Lipinski definition) is 4. The van der Waals surface area contributed by atoms with Gasteiger partial charge >= 0.3 is 0 Å². The van der Waals surface area contributed by atoms with Gasteiger partial charge in [-0.05, 0) is 55.3 Å². The highest BCUT2D eigenvalue weighted by Gasteiger charge is 2.36. The first-order valence-electron chi connectivity index (χ1n) is 8.25. The van der Waals surface area contributed by atoms with E-state index in [0.29, 0.717) is 28.5 Å². The largest absolute Gasteiger partial charge is 0.494 e. The third-order valence-electron chi connectivity index (χ3n) is 4.19. The van der Waals surface area contributed by atoms with Gasteiger partial charge in [-0.3, -0.25) is 14.5 Å². The molecule has 0 atom stereocenters. The highest BCUT2D eigenvalue weighted by molar-refractivity contribution is 6.36. The lowest BCUT2D eigenvalue weighted by Crippen LogP contribution is -2.28. The first-order chi connectivity index (χ1) is 12.4. The van der Waals surface area contributed by atoms with Crippen molar-refractivity contribution in [3.63, 3.8) is 0 Å². The average molecular weight is 371 g/mol. The molecular formula is C20H19ClN2O3. The molecule has 0 fully saturated rings. The van der Waals surface area contributed by atoms with Gasteiger partial charge < -0.3 is 10.1 Å². The van der Waals surface area contributed by atoms with Crippen LogP contribution in [-0.4, -0.2) is 30.4 Å². The lowest BCUT2D eigenvalue weighted by molar-refractivity contribution is -0.135. The predicted octanol–water partition coefficient (Wildman–Crippen LogP) is 3.87. The van der Waals surface area contributed by atoms with Crippen molar-refractivity contribution in [3.05, 3.63) is 64.3 Å².